The summed E-state index contributed by atoms with van der Waals surface area (Å²) in [5, 5.41) is 11.0. The number of halogens is 1. The molecular formula is C16H13ClN4O2. The second-order valence-electron chi connectivity index (χ2n) is 4.99. The van der Waals surface area contributed by atoms with E-state index in [4.69, 9.17) is 11.6 Å². The number of hydrogen-bond acceptors (Lipinski definition) is 4. The molecule has 0 saturated heterocycles. The molecule has 3 aromatic rings. The maximum absolute atomic E-state index is 12.0. The number of ketones is 1. The maximum atomic E-state index is 12.0. The zero-order valence-corrected chi connectivity index (χ0v) is 12.8. The molecule has 0 unspecified atom stereocenters. The number of nitrogens with one attached hydrogen (secondary N) is 1. The van der Waals surface area contributed by atoms with Gasteiger partial charge in [-0.05, 0) is 36.4 Å². The third-order valence-electron chi connectivity index (χ3n) is 3.32. The Morgan fingerprint density at radius 1 is 1.09 bits per heavy atom. The van der Waals surface area contributed by atoms with Crippen LogP contribution in [0.25, 0.3) is 5.65 Å². The van der Waals surface area contributed by atoms with E-state index < -0.39 is 0 Å². The highest BCUT2D eigenvalue weighted by molar-refractivity contribution is 6.30. The standard InChI is InChI=1S/C16H13ClN4O2/c17-12-3-1-11(2-4-12)14(22)6-8-16(23)19-13-5-7-15-20-18-10-21(15)9-13/h1-5,7,9-10H,6,8H2,(H,19,23). The van der Waals surface area contributed by atoms with E-state index in [9.17, 15) is 9.59 Å². The number of aromatic nitrogens is 3. The Hall–Kier alpha value is -2.73. The van der Waals surface area contributed by atoms with Crippen molar-refractivity contribution in [3.63, 3.8) is 0 Å². The van der Waals surface area contributed by atoms with Gasteiger partial charge < -0.3 is 5.32 Å². The van der Waals surface area contributed by atoms with Crippen LogP contribution in [0.4, 0.5) is 5.69 Å². The van der Waals surface area contributed by atoms with Crippen molar-refractivity contribution in [2.45, 2.75) is 12.8 Å². The lowest BCUT2D eigenvalue weighted by molar-refractivity contribution is -0.116. The van der Waals surface area contributed by atoms with Crippen molar-refractivity contribution in [3.05, 3.63) is 59.5 Å². The molecule has 0 radical (unpaired) electrons. The summed E-state index contributed by atoms with van der Waals surface area (Å²) in [5.41, 5.74) is 1.87. The molecule has 3 rings (SSSR count). The molecule has 0 bridgehead atoms. The highest BCUT2D eigenvalue weighted by Gasteiger charge is 2.10. The van der Waals surface area contributed by atoms with Crippen LogP contribution in [-0.4, -0.2) is 26.3 Å². The summed E-state index contributed by atoms with van der Waals surface area (Å²) in [6, 6.07) is 10.1. The third-order valence-corrected chi connectivity index (χ3v) is 3.57. The lowest BCUT2D eigenvalue weighted by Gasteiger charge is -2.05. The fraction of sp³-hybridized carbons (Fsp3) is 0.125. The number of Topliss-reactive ketones (excluding diaryl/α,β-unsaturated/α-hetero) is 1. The lowest BCUT2D eigenvalue weighted by atomic mass is 10.1. The molecule has 0 saturated carbocycles. The molecular weight excluding hydrogens is 316 g/mol. The predicted molar refractivity (Wildman–Crippen MR) is 86.6 cm³/mol. The fourth-order valence-corrected chi connectivity index (χ4v) is 2.26. The van der Waals surface area contributed by atoms with Crippen LogP contribution >= 0.6 is 11.6 Å². The Morgan fingerprint density at radius 3 is 2.65 bits per heavy atom. The van der Waals surface area contributed by atoms with Gasteiger partial charge in [-0.2, -0.15) is 0 Å². The minimum atomic E-state index is -0.222. The van der Waals surface area contributed by atoms with Gasteiger partial charge in [0.15, 0.2) is 11.4 Å². The van der Waals surface area contributed by atoms with Crippen molar-refractivity contribution < 1.29 is 9.59 Å². The van der Waals surface area contributed by atoms with E-state index in [1.165, 1.54) is 0 Å². The Bertz CT molecular complexity index is 858. The molecule has 2 heterocycles. The fourth-order valence-electron chi connectivity index (χ4n) is 2.13. The van der Waals surface area contributed by atoms with E-state index in [1.54, 1.807) is 53.3 Å². The van der Waals surface area contributed by atoms with E-state index in [0.29, 0.717) is 21.9 Å². The Kier molecular flexibility index (Phi) is 4.34. The number of nitrogens with zero attached hydrogens (tertiary/aromatic N) is 3. The summed E-state index contributed by atoms with van der Waals surface area (Å²) in [5.74, 6) is -0.314. The normalized spacial score (nSPS) is 10.7. The van der Waals surface area contributed by atoms with Crippen LogP contribution in [-0.2, 0) is 4.79 Å². The SMILES string of the molecule is O=C(CCC(=O)c1ccc(Cl)cc1)Nc1ccc2nncn2c1. The first kappa shape index (κ1) is 15.2. The van der Waals surface area contributed by atoms with Gasteiger partial charge in [0.2, 0.25) is 5.91 Å². The van der Waals surface area contributed by atoms with E-state index >= 15 is 0 Å². The van der Waals surface area contributed by atoms with Crippen LogP contribution in [0.5, 0.6) is 0 Å². The zero-order chi connectivity index (χ0) is 16.2. The van der Waals surface area contributed by atoms with Crippen LogP contribution in [0.3, 0.4) is 0 Å². The minimum Gasteiger partial charge on any atom is -0.325 e. The quantitative estimate of drug-likeness (QED) is 0.730. The number of carbonyl (C=O) groups excluding carboxylic acids is 2. The molecule has 6 nitrogen and oxygen atoms in total. The molecule has 0 atom stereocenters. The number of benzene rings is 1. The molecule has 2 aromatic heterocycles. The maximum Gasteiger partial charge on any atom is 0.224 e. The average Bonchev–Trinajstić information content (AvgIpc) is 3.01. The van der Waals surface area contributed by atoms with Gasteiger partial charge in [-0.1, -0.05) is 11.6 Å². The van der Waals surface area contributed by atoms with Crippen LogP contribution in [0, 0.1) is 0 Å². The molecule has 1 aromatic carbocycles. The average molecular weight is 329 g/mol. The second kappa shape index (κ2) is 6.58. The van der Waals surface area contributed by atoms with Gasteiger partial charge in [-0.25, -0.2) is 0 Å². The first-order valence-electron chi connectivity index (χ1n) is 7.00. The van der Waals surface area contributed by atoms with Gasteiger partial charge in [0.05, 0.1) is 5.69 Å². The number of amides is 1. The van der Waals surface area contributed by atoms with Gasteiger partial charge in [0.1, 0.15) is 6.33 Å². The van der Waals surface area contributed by atoms with Gasteiger partial charge in [-0.3, -0.25) is 14.0 Å². The molecule has 7 heteroatoms. The number of anilines is 1. The second-order valence-corrected chi connectivity index (χ2v) is 5.43. The predicted octanol–water partition coefficient (Wildman–Crippen LogP) is 2.98. The first-order chi connectivity index (χ1) is 11.1. The van der Waals surface area contributed by atoms with E-state index in [2.05, 4.69) is 15.5 Å². The van der Waals surface area contributed by atoms with Gasteiger partial charge in [0.25, 0.3) is 0 Å². The van der Waals surface area contributed by atoms with Crippen molar-refractivity contribution in [1.29, 1.82) is 0 Å². The Labute approximate surface area is 137 Å². The molecule has 1 amide bonds. The lowest BCUT2D eigenvalue weighted by Crippen LogP contribution is -2.13. The molecule has 1 N–H and O–H groups in total. The summed E-state index contributed by atoms with van der Waals surface area (Å²) < 4.78 is 1.70. The highest BCUT2D eigenvalue weighted by atomic mass is 35.5. The van der Waals surface area contributed by atoms with Gasteiger partial charge in [0, 0.05) is 29.6 Å². The van der Waals surface area contributed by atoms with Gasteiger partial charge >= 0.3 is 0 Å². The largest absolute Gasteiger partial charge is 0.325 e. The first-order valence-corrected chi connectivity index (χ1v) is 7.37. The van der Waals surface area contributed by atoms with Crippen molar-refractivity contribution in [1.82, 2.24) is 14.6 Å². The van der Waals surface area contributed by atoms with Gasteiger partial charge in [-0.15, -0.1) is 10.2 Å². The van der Waals surface area contributed by atoms with Crippen molar-refractivity contribution >= 4 is 34.6 Å². The number of carbonyl (C=O) groups is 2. The summed E-state index contributed by atoms with van der Waals surface area (Å²) in [6.45, 7) is 0. The van der Waals surface area contributed by atoms with E-state index in [0.717, 1.165) is 0 Å². The summed E-state index contributed by atoms with van der Waals surface area (Å²) >= 11 is 5.78. The minimum absolute atomic E-state index is 0.0916. The van der Waals surface area contributed by atoms with Crippen molar-refractivity contribution in [2.24, 2.45) is 0 Å². The topological polar surface area (TPSA) is 76.4 Å². The van der Waals surface area contributed by atoms with Crippen LogP contribution in [0.15, 0.2) is 48.9 Å². The summed E-state index contributed by atoms with van der Waals surface area (Å²) in [6.07, 6.45) is 3.52. The number of hydrogen-bond donors (Lipinski definition) is 1. The third kappa shape index (κ3) is 3.73. The molecule has 0 spiro atoms. The molecule has 0 aliphatic carbocycles. The summed E-state index contributed by atoms with van der Waals surface area (Å²) in [7, 11) is 0. The van der Waals surface area contributed by atoms with Crippen LogP contribution in [0.2, 0.25) is 5.02 Å². The molecule has 23 heavy (non-hydrogen) atoms. The number of fused-ring (bicyclic) bond motifs is 1. The highest BCUT2D eigenvalue weighted by Crippen LogP contribution is 2.13. The summed E-state index contributed by atoms with van der Waals surface area (Å²) in [4.78, 5) is 24.0. The number of rotatable bonds is 5. The molecule has 0 aliphatic rings. The number of pyridine rings is 1. The Balaban J connectivity index is 1.56. The molecule has 0 aliphatic heterocycles. The Morgan fingerprint density at radius 2 is 1.87 bits per heavy atom. The van der Waals surface area contributed by atoms with Crippen molar-refractivity contribution in [3.8, 4) is 0 Å². The molecule has 0 fully saturated rings. The zero-order valence-electron chi connectivity index (χ0n) is 12.1. The van der Waals surface area contributed by atoms with Crippen LogP contribution < -0.4 is 5.32 Å². The van der Waals surface area contributed by atoms with E-state index in [-0.39, 0.29) is 24.5 Å². The van der Waals surface area contributed by atoms with Crippen molar-refractivity contribution in [2.75, 3.05) is 5.32 Å². The smallest absolute Gasteiger partial charge is 0.224 e. The van der Waals surface area contributed by atoms with Crippen LogP contribution in [0.1, 0.15) is 23.2 Å². The van der Waals surface area contributed by atoms with E-state index in [1.807, 2.05) is 0 Å². The monoisotopic (exact) mass is 328 g/mol. The molecule has 116 valence electrons.